The third kappa shape index (κ3) is 3.14. The molecule has 1 unspecified atom stereocenters. The number of hydrogen-bond donors (Lipinski definition) is 1. The van der Waals surface area contributed by atoms with Crippen LogP contribution in [0.4, 0.5) is 0 Å². The van der Waals surface area contributed by atoms with E-state index in [-0.39, 0.29) is 13.2 Å². The van der Waals surface area contributed by atoms with Crippen molar-refractivity contribution in [2.24, 2.45) is 0 Å². The largest absolute Gasteiger partial charge is 0.394 e. The molecule has 1 saturated heterocycles. The van der Waals surface area contributed by atoms with Gasteiger partial charge in [0.25, 0.3) is 0 Å². The lowest BCUT2D eigenvalue weighted by molar-refractivity contribution is -0.0304. The van der Waals surface area contributed by atoms with Gasteiger partial charge in [-0.1, -0.05) is 6.07 Å². The van der Waals surface area contributed by atoms with Gasteiger partial charge in [-0.2, -0.15) is 4.31 Å². The van der Waals surface area contributed by atoms with Crippen LogP contribution in [0.3, 0.4) is 0 Å². The Balaban J connectivity index is 2.31. The Hall–Kier alpha value is -0.950. The van der Waals surface area contributed by atoms with Gasteiger partial charge in [0.1, 0.15) is 0 Å². The van der Waals surface area contributed by atoms with E-state index in [1.54, 1.807) is 12.1 Å². The molecule has 1 N–H and O–H groups in total. The highest BCUT2D eigenvalue weighted by molar-refractivity contribution is 7.89. The fourth-order valence-corrected chi connectivity index (χ4v) is 3.90. The molecular weight excluding hydrogens is 266 g/mol. The zero-order chi connectivity index (χ0) is 14.0. The van der Waals surface area contributed by atoms with E-state index in [1.165, 1.54) is 4.31 Å². The molecule has 1 aliphatic heterocycles. The summed E-state index contributed by atoms with van der Waals surface area (Å²) in [4.78, 5) is 0.309. The minimum Gasteiger partial charge on any atom is -0.394 e. The van der Waals surface area contributed by atoms with Crippen molar-refractivity contribution < 1.29 is 18.3 Å². The van der Waals surface area contributed by atoms with Crippen LogP contribution in [0, 0.1) is 13.8 Å². The lowest BCUT2D eigenvalue weighted by Gasteiger charge is -2.31. The highest BCUT2D eigenvalue weighted by Crippen LogP contribution is 2.21. The number of aliphatic hydroxyl groups is 1. The second-order valence-corrected chi connectivity index (χ2v) is 6.80. The molecule has 5 nitrogen and oxygen atoms in total. The van der Waals surface area contributed by atoms with Crippen LogP contribution in [0.15, 0.2) is 23.1 Å². The van der Waals surface area contributed by atoms with E-state index in [0.29, 0.717) is 18.0 Å². The molecule has 2 rings (SSSR count). The first-order chi connectivity index (χ1) is 8.93. The Labute approximate surface area is 113 Å². The summed E-state index contributed by atoms with van der Waals surface area (Å²) in [5.74, 6) is 0. The van der Waals surface area contributed by atoms with Crippen LogP contribution in [-0.4, -0.2) is 50.2 Å². The zero-order valence-electron chi connectivity index (χ0n) is 11.2. The lowest BCUT2D eigenvalue weighted by Crippen LogP contribution is -2.46. The third-order valence-corrected chi connectivity index (χ3v) is 4.98. The van der Waals surface area contributed by atoms with E-state index in [4.69, 9.17) is 9.84 Å². The monoisotopic (exact) mass is 285 g/mol. The van der Waals surface area contributed by atoms with E-state index in [2.05, 4.69) is 0 Å². The number of nitrogens with zero attached hydrogens (tertiary/aromatic N) is 1. The number of sulfonamides is 1. The summed E-state index contributed by atoms with van der Waals surface area (Å²) in [7, 11) is -3.51. The van der Waals surface area contributed by atoms with E-state index >= 15 is 0 Å². The van der Waals surface area contributed by atoms with Crippen molar-refractivity contribution in [1.29, 1.82) is 0 Å². The van der Waals surface area contributed by atoms with E-state index in [1.807, 2.05) is 19.9 Å². The Kier molecular flexibility index (Phi) is 4.25. The first kappa shape index (κ1) is 14.5. The molecule has 106 valence electrons. The van der Waals surface area contributed by atoms with Crippen LogP contribution in [-0.2, 0) is 14.8 Å². The molecule has 0 aromatic heterocycles. The Morgan fingerprint density at radius 2 is 1.95 bits per heavy atom. The molecule has 6 heteroatoms. The lowest BCUT2D eigenvalue weighted by atomic mass is 10.2. The normalized spacial score (nSPS) is 21.5. The molecule has 1 heterocycles. The number of ether oxygens (including phenoxy) is 1. The summed E-state index contributed by atoms with van der Waals surface area (Å²) in [6, 6.07) is 5.28. The van der Waals surface area contributed by atoms with Crippen molar-refractivity contribution in [3.63, 3.8) is 0 Å². The van der Waals surface area contributed by atoms with Gasteiger partial charge in [-0.05, 0) is 37.1 Å². The SMILES string of the molecule is Cc1cc(C)cc(S(=O)(=O)N2CCOC(CO)C2)c1. The predicted molar refractivity (Wildman–Crippen MR) is 71.5 cm³/mol. The fraction of sp³-hybridized carbons (Fsp3) is 0.538. The molecule has 19 heavy (non-hydrogen) atoms. The first-order valence-corrected chi connectivity index (χ1v) is 7.68. The number of hydrogen-bond acceptors (Lipinski definition) is 4. The number of aliphatic hydroxyl groups excluding tert-OH is 1. The molecule has 1 aliphatic rings. The van der Waals surface area contributed by atoms with Crippen LogP contribution in [0.2, 0.25) is 0 Å². The summed E-state index contributed by atoms with van der Waals surface area (Å²) < 4.78 is 31.7. The maximum atomic E-state index is 12.5. The Morgan fingerprint density at radius 1 is 1.32 bits per heavy atom. The van der Waals surface area contributed by atoms with Crippen LogP contribution < -0.4 is 0 Å². The number of aryl methyl sites for hydroxylation is 2. The van der Waals surface area contributed by atoms with Gasteiger partial charge in [0.05, 0.1) is 24.2 Å². The number of benzene rings is 1. The van der Waals surface area contributed by atoms with E-state index < -0.39 is 16.1 Å². The molecular formula is C13H19NO4S. The van der Waals surface area contributed by atoms with Crippen molar-refractivity contribution in [3.8, 4) is 0 Å². The second-order valence-electron chi connectivity index (χ2n) is 4.86. The first-order valence-electron chi connectivity index (χ1n) is 6.24. The molecule has 0 spiro atoms. The van der Waals surface area contributed by atoms with Gasteiger partial charge < -0.3 is 9.84 Å². The van der Waals surface area contributed by atoms with Crippen molar-refractivity contribution >= 4 is 10.0 Å². The third-order valence-electron chi connectivity index (χ3n) is 3.14. The highest BCUT2D eigenvalue weighted by atomic mass is 32.2. The number of rotatable bonds is 3. The maximum Gasteiger partial charge on any atom is 0.243 e. The van der Waals surface area contributed by atoms with Gasteiger partial charge in [-0.25, -0.2) is 8.42 Å². The maximum absolute atomic E-state index is 12.5. The van der Waals surface area contributed by atoms with Crippen molar-refractivity contribution in [1.82, 2.24) is 4.31 Å². The summed E-state index contributed by atoms with van der Waals surface area (Å²) in [5.41, 5.74) is 1.84. The Bertz CT molecular complexity index is 536. The van der Waals surface area contributed by atoms with Crippen molar-refractivity contribution in [2.45, 2.75) is 24.8 Å². The van der Waals surface area contributed by atoms with E-state index in [0.717, 1.165) is 11.1 Å². The summed E-state index contributed by atoms with van der Waals surface area (Å²) in [6.07, 6.45) is -0.436. The second kappa shape index (κ2) is 5.58. The molecule has 0 amide bonds. The van der Waals surface area contributed by atoms with Gasteiger partial charge in [0.2, 0.25) is 10.0 Å². The van der Waals surface area contributed by atoms with Crippen molar-refractivity contribution in [2.75, 3.05) is 26.3 Å². The van der Waals surface area contributed by atoms with Gasteiger partial charge in [-0.15, -0.1) is 0 Å². The average molecular weight is 285 g/mol. The quantitative estimate of drug-likeness (QED) is 0.887. The zero-order valence-corrected chi connectivity index (χ0v) is 12.0. The van der Waals surface area contributed by atoms with Crippen LogP contribution >= 0.6 is 0 Å². The summed E-state index contributed by atoms with van der Waals surface area (Å²) >= 11 is 0. The molecule has 0 bridgehead atoms. The van der Waals surface area contributed by atoms with Crippen molar-refractivity contribution in [3.05, 3.63) is 29.3 Å². The Morgan fingerprint density at radius 3 is 2.53 bits per heavy atom. The van der Waals surface area contributed by atoms with Gasteiger partial charge in [0.15, 0.2) is 0 Å². The van der Waals surface area contributed by atoms with E-state index in [9.17, 15) is 8.42 Å². The topological polar surface area (TPSA) is 66.8 Å². The van der Waals surface area contributed by atoms with Crippen LogP contribution in [0.25, 0.3) is 0 Å². The highest BCUT2D eigenvalue weighted by Gasteiger charge is 2.30. The fourth-order valence-electron chi connectivity index (χ4n) is 2.25. The number of morpholine rings is 1. The smallest absolute Gasteiger partial charge is 0.243 e. The molecule has 0 aliphatic carbocycles. The molecule has 1 aromatic rings. The minimum absolute atomic E-state index is 0.168. The van der Waals surface area contributed by atoms with Crippen LogP contribution in [0.5, 0.6) is 0 Å². The molecule has 1 atom stereocenters. The molecule has 1 fully saturated rings. The predicted octanol–water partition coefficient (Wildman–Crippen LogP) is 0.685. The molecule has 0 radical (unpaired) electrons. The average Bonchev–Trinajstić information content (AvgIpc) is 2.37. The summed E-state index contributed by atoms with van der Waals surface area (Å²) in [5, 5.41) is 9.09. The van der Waals surface area contributed by atoms with Crippen LogP contribution in [0.1, 0.15) is 11.1 Å². The standard InChI is InChI=1S/C13H19NO4S/c1-10-5-11(2)7-13(6-10)19(16,17)14-3-4-18-12(8-14)9-15/h5-7,12,15H,3-4,8-9H2,1-2H3. The van der Waals surface area contributed by atoms with Gasteiger partial charge >= 0.3 is 0 Å². The van der Waals surface area contributed by atoms with Gasteiger partial charge in [-0.3, -0.25) is 0 Å². The summed E-state index contributed by atoms with van der Waals surface area (Å²) in [6.45, 7) is 4.43. The molecule has 1 aromatic carbocycles. The minimum atomic E-state index is -3.51. The molecule has 0 saturated carbocycles. The van der Waals surface area contributed by atoms with Gasteiger partial charge in [0, 0.05) is 13.1 Å².